The molecule has 8 heteroatoms. The van der Waals surface area contributed by atoms with Gasteiger partial charge in [-0.2, -0.15) is 0 Å². The predicted molar refractivity (Wildman–Crippen MR) is 115 cm³/mol. The Labute approximate surface area is 184 Å². The molecule has 162 valence electrons. The lowest BCUT2D eigenvalue weighted by molar-refractivity contribution is -0.128. The number of carbonyl (C=O) groups is 5. The second kappa shape index (κ2) is 8.58. The van der Waals surface area contributed by atoms with Crippen LogP contribution in [0.4, 0.5) is 0 Å². The fourth-order valence-corrected chi connectivity index (χ4v) is 3.97. The van der Waals surface area contributed by atoms with Crippen LogP contribution < -0.4 is 10.6 Å². The van der Waals surface area contributed by atoms with Crippen molar-refractivity contribution in [1.82, 2.24) is 15.5 Å². The van der Waals surface area contributed by atoms with E-state index in [4.69, 9.17) is 0 Å². The molecule has 2 aromatic carbocycles. The van der Waals surface area contributed by atoms with Gasteiger partial charge < -0.3 is 10.6 Å². The van der Waals surface area contributed by atoms with Gasteiger partial charge in [0.25, 0.3) is 11.8 Å². The third kappa shape index (κ3) is 3.94. The molecular weight excluding hydrogens is 410 g/mol. The molecule has 0 saturated heterocycles. The van der Waals surface area contributed by atoms with Gasteiger partial charge in [-0.3, -0.25) is 28.9 Å². The van der Waals surface area contributed by atoms with E-state index in [9.17, 15) is 24.0 Å². The maximum atomic E-state index is 13.2. The Balaban J connectivity index is 1.61. The molecule has 2 aliphatic heterocycles. The molecule has 1 unspecified atom stereocenters. The van der Waals surface area contributed by atoms with Gasteiger partial charge in [0.05, 0.1) is 11.1 Å². The Hall–Kier alpha value is -4.07. The van der Waals surface area contributed by atoms with E-state index in [0.717, 1.165) is 4.90 Å². The summed E-state index contributed by atoms with van der Waals surface area (Å²) in [6, 6.07) is 14.3. The van der Waals surface area contributed by atoms with Crippen LogP contribution >= 0.6 is 0 Å². The number of imide groups is 1. The average molecular weight is 431 g/mol. The minimum atomic E-state index is -0.877. The Morgan fingerprint density at radius 2 is 1.56 bits per heavy atom. The van der Waals surface area contributed by atoms with Crippen LogP contribution in [0.25, 0.3) is 0 Å². The highest BCUT2D eigenvalue weighted by Crippen LogP contribution is 2.26. The quantitative estimate of drug-likeness (QED) is 0.535. The lowest BCUT2D eigenvalue weighted by Gasteiger charge is -2.28. The number of fused-ring (bicyclic) bond motifs is 1. The number of ketones is 1. The van der Waals surface area contributed by atoms with Gasteiger partial charge in [0.15, 0.2) is 5.78 Å². The first kappa shape index (κ1) is 21.2. The Morgan fingerprint density at radius 1 is 0.969 bits per heavy atom. The van der Waals surface area contributed by atoms with Gasteiger partial charge in [-0.15, -0.1) is 0 Å². The number of benzene rings is 2. The lowest BCUT2D eigenvalue weighted by atomic mass is 9.91. The second-order valence-electron chi connectivity index (χ2n) is 7.66. The summed E-state index contributed by atoms with van der Waals surface area (Å²) in [7, 11) is 0. The van der Waals surface area contributed by atoms with Gasteiger partial charge in [0.2, 0.25) is 11.8 Å². The molecule has 1 atom stereocenters. The van der Waals surface area contributed by atoms with Crippen molar-refractivity contribution in [2.45, 2.75) is 25.8 Å². The Bertz CT molecular complexity index is 1130. The zero-order valence-electron chi connectivity index (χ0n) is 17.4. The van der Waals surface area contributed by atoms with Crippen molar-refractivity contribution in [2.24, 2.45) is 0 Å². The van der Waals surface area contributed by atoms with E-state index in [1.54, 1.807) is 54.6 Å². The third-order valence-electron chi connectivity index (χ3n) is 5.51. The minimum absolute atomic E-state index is 0.0122. The number of carbonyl (C=O) groups excluding carboxylic acids is 5. The van der Waals surface area contributed by atoms with Crippen LogP contribution in [0.15, 0.2) is 65.9 Å². The summed E-state index contributed by atoms with van der Waals surface area (Å²) in [6.07, 6.45) is 0.133. The van der Waals surface area contributed by atoms with Gasteiger partial charge in [-0.05, 0) is 12.1 Å². The van der Waals surface area contributed by atoms with Crippen molar-refractivity contribution in [3.63, 3.8) is 0 Å². The fraction of sp³-hybridized carbons (Fsp3) is 0.208. The molecule has 0 spiro atoms. The monoisotopic (exact) mass is 431 g/mol. The number of nitrogens with one attached hydrogen (secondary N) is 2. The van der Waals surface area contributed by atoms with Crippen LogP contribution in [0, 0.1) is 0 Å². The molecule has 2 N–H and O–H groups in total. The first-order valence-electron chi connectivity index (χ1n) is 10.2. The number of nitrogens with zero attached hydrogens (tertiary/aromatic N) is 1. The van der Waals surface area contributed by atoms with Gasteiger partial charge >= 0.3 is 0 Å². The summed E-state index contributed by atoms with van der Waals surface area (Å²) in [5.41, 5.74) is 1.81. The normalized spacial score (nSPS) is 17.8. The van der Waals surface area contributed by atoms with Crippen molar-refractivity contribution < 1.29 is 24.0 Å². The summed E-state index contributed by atoms with van der Waals surface area (Å²) in [4.78, 5) is 63.6. The smallest absolute Gasteiger partial charge is 0.261 e. The topological polar surface area (TPSA) is 113 Å². The molecule has 32 heavy (non-hydrogen) atoms. The minimum Gasteiger partial charge on any atom is -0.344 e. The zero-order chi connectivity index (χ0) is 22.8. The van der Waals surface area contributed by atoms with Gasteiger partial charge in [-0.1, -0.05) is 42.5 Å². The SMILES string of the molecule is CC(=O)NC1CC(C(=O)c2ccccc2)=C(CCN2C(=O)c3ccccc3C2=O)NC1=O. The van der Waals surface area contributed by atoms with Crippen molar-refractivity contribution in [3.05, 3.63) is 82.6 Å². The predicted octanol–water partition coefficient (Wildman–Crippen LogP) is 1.83. The van der Waals surface area contributed by atoms with Crippen LogP contribution in [-0.2, 0) is 9.59 Å². The molecule has 0 bridgehead atoms. The summed E-state index contributed by atoms with van der Waals surface area (Å²) >= 11 is 0. The highest BCUT2D eigenvalue weighted by Gasteiger charge is 2.36. The zero-order valence-corrected chi connectivity index (χ0v) is 17.4. The van der Waals surface area contributed by atoms with Crippen LogP contribution in [0.5, 0.6) is 0 Å². The maximum absolute atomic E-state index is 13.2. The molecule has 0 aromatic heterocycles. The molecule has 0 radical (unpaired) electrons. The fourth-order valence-electron chi connectivity index (χ4n) is 3.97. The van der Waals surface area contributed by atoms with E-state index in [2.05, 4.69) is 10.6 Å². The standard InChI is InChI=1S/C24H21N3O5/c1-14(28)25-20-13-18(21(29)15-7-3-2-4-8-15)19(26-22(20)30)11-12-27-23(31)16-9-5-6-10-17(16)24(27)32/h2-10,20H,11-13H2,1H3,(H,25,28)(H,26,30). The molecule has 2 aromatic rings. The first-order chi connectivity index (χ1) is 15.4. The molecule has 0 aliphatic carbocycles. The van der Waals surface area contributed by atoms with E-state index < -0.39 is 23.8 Å². The number of rotatable bonds is 6. The molecule has 8 nitrogen and oxygen atoms in total. The molecule has 2 aliphatic rings. The molecular formula is C24H21N3O5. The van der Waals surface area contributed by atoms with Crippen LogP contribution in [0.2, 0.25) is 0 Å². The van der Waals surface area contributed by atoms with Gasteiger partial charge in [0, 0.05) is 43.1 Å². The van der Waals surface area contributed by atoms with Crippen molar-refractivity contribution in [1.29, 1.82) is 0 Å². The largest absolute Gasteiger partial charge is 0.344 e. The van der Waals surface area contributed by atoms with Gasteiger partial charge in [0.1, 0.15) is 6.04 Å². The lowest BCUT2D eigenvalue weighted by Crippen LogP contribution is -2.50. The van der Waals surface area contributed by atoms with Crippen LogP contribution in [0.3, 0.4) is 0 Å². The van der Waals surface area contributed by atoms with Crippen LogP contribution in [0.1, 0.15) is 50.8 Å². The van der Waals surface area contributed by atoms with Crippen molar-refractivity contribution >= 4 is 29.4 Å². The molecule has 0 fully saturated rings. The summed E-state index contributed by atoms with van der Waals surface area (Å²) in [5.74, 6) is -1.91. The van der Waals surface area contributed by atoms with Crippen molar-refractivity contribution in [3.8, 4) is 0 Å². The average Bonchev–Trinajstić information content (AvgIpc) is 3.03. The molecule has 4 rings (SSSR count). The molecule has 4 amide bonds. The summed E-state index contributed by atoms with van der Waals surface area (Å²) in [5, 5.41) is 5.26. The summed E-state index contributed by atoms with van der Waals surface area (Å²) < 4.78 is 0. The van der Waals surface area contributed by atoms with Crippen molar-refractivity contribution in [2.75, 3.05) is 6.54 Å². The first-order valence-corrected chi connectivity index (χ1v) is 10.2. The number of hydrogen-bond donors (Lipinski definition) is 2. The second-order valence-corrected chi connectivity index (χ2v) is 7.66. The highest BCUT2D eigenvalue weighted by molar-refractivity contribution is 6.21. The third-order valence-corrected chi connectivity index (χ3v) is 5.51. The summed E-state index contributed by atoms with van der Waals surface area (Å²) in [6.45, 7) is 1.31. The Kier molecular flexibility index (Phi) is 5.68. The Morgan fingerprint density at radius 3 is 2.16 bits per heavy atom. The van der Waals surface area contributed by atoms with Crippen LogP contribution in [-0.4, -0.2) is 46.9 Å². The maximum Gasteiger partial charge on any atom is 0.261 e. The highest BCUT2D eigenvalue weighted by atomic mass is 16.2. The molecule has 2 heterocycles. The van der Waals surface area contributed by atoms with E-state index in [-0.39, 0.29) is 31.1 Å². The van der Waals surface area contributed by atoms with E-state index in [0.29, 0.717) is 28.0 Å². The van der Waals surface area contributed by atoms with E-state index in [1.165, 1.54) is 6.92 Å². The number of Topliss-reactive ketones (excluding diaryl/α,β-unsaturated/α-hetero) is 1. The van der Waals surface area contributed by atoms with E-state index >= 15 is 0 Å². The molecule has 0 saturated carbocycles. The van der Waals surface area contributed by atoms with Gasteiger partial charge in [-0.25, -0.2) is 0 Å². The number of hydrogen-bond acceptors (Lipinski definition) is 5. The number of amides is 4. The van der Waals surface area contributed by atoms with E-state index in [1.807, 2.05) is 0 Å².